The van der Waals surface area contributed by atoms with Crippen LogP contribution in [0.1, 0.15) is 5.56 Å². The average molecular weight is 317 g/mol. The van der Waals surface area contributed by atoms with Gasteiger partial charge in [0.2, 0.25) is 0 Å². The predicted molar refractivity (Wildman–Crippen MR) is 66.8 cm³/mol. The summed E-state index contributed by atoms with van der Waals surface area (Å²) in [4.78, 5) is 11.4. The molecule has 0 N–H and O–H groups in total. The zero-order valence-corrected chi connectivity index (χ0v) is 10.3. The Morgan fingerprint density at radius 1 is 1.29 bits per heavy atom. The molecule has 0 unspecified atom stereocenters. The third-order valence-corrected chi connectivity index (χ3v) is 3.32. The van der Waals surface area contributed by atoms with E-state index in [-0.39, 0.29) is 4.87 Å². The Morgan fingerprint density at radius 2 is 2.00 bits per heavy atom. The lowest BCUT2D eigenvalue weighted by atomic mass is 10.2. The van der Waals surface area contributed by atoms with Crippen molar-refractivity contribution in [2.45, 2.75) is 6.54 Å². The molecule has 2 rings (SSSR count). The summed E-state index contributed by atoms with van der Waals surface area (Å²) in [5.74, 6) is 0. The Morgan fingerprint density at radius 3 is 2.57 bits per heavy atom. The molecule has 2 nitrogen and oxygen atoms in total. The van der Waals surface area contributed by atoms with Crippen LogP contribution in [0.2, 0.25) is 0 Å². The van der Waals surface area contributed by atoms with E-state index in [0.717, 1.165) is 5.56 Å². The van der Waals surface area contributed by atoms with Crippen LogP contribution in [0.25, 0.3) is 0 Å². The largest absolute Gasteiger partial charge is 0.307 e. The van der Waals surface area contributed by atoms with Crippen LogP contribution in [0, 0.1) is 3.57 Å². The topological polar surface area (TPSA) is 22.0 Å². The van der Waals surface area contributed by atoms with Gasteiger partial charge in [-0.2, -0.15) is 0 Å². The number of halogens is 1. The second-order valence-electron chi connectivity index (χ2n) is 2.92. The second-order valence-corrected chi connectivity index (χ2v) is 5.03. The van der Waals surface area contributed by atoms with E-state index >= 15 is 0 Å². The third-order valence-electron chi connectivity index (χ3n) is 1.91. The van der Waals surface area contributed by atoms with E-state index in [0.29, 0.717) is 6.54 Å². The molecular formula is C10H8INOS. The Bertz CT molecular complexity index is 471. The fraction of sp³-hybridized carbons (Fsp3) is 0.100. The first-order valence-corrected chi connectivity index (χ1v) is 6.10. The van der Waals surface area contributed by atoms with Crippen LogP contribution in [0.4, 0.5) is 0 Å². The number of benzene rings is 1. The van der Waals surface area contributed by atoms with Crippen LogP contribution in [0.5, 0.6) is 0 Å². The van der Waals surface area contributed by atoms with E-state index in [1.807, 2.05) is 35.8 Å². The van der Waals surface area contributed by atoms with Gasteiger partial charge in [0, 0.05) is 15.1 Å². The molecule has 0 saturated carbocycles. The Kier molecular flexibility index (Phi) is 3.02. The number of nitrogens with zero attached hydrogens (tertiary/aromatic N) is 1. The van der Waals surface area contributed by atoms with Crippen molar-refractivity contribution in [1.82, 2.24) is 4.57 Å². The van der Waals surface area contributed by atoms with Crippen LogP contribution in [-0.2, 0) is 6.54 Å². The molecule has 0 spiro atoms. The molecule has 0 radical (unpaired) electrons. The minimum absolute atomic E-state index is 0.101. The van der Waals surface area contributed by atoms with Gasteiger partial charge in [0.05, 0.1) is 6.54 Å². The number of hydrogen-bond acceptors (Lipinski definition) is 2. The van der Waals surface area contributed by atoms with E-state index < -0.39 is 0 Å². The van der Waals surface area contributed by atoms with E-state index in [4.69, 9.17) is 0 Å². The van der Waals surface area contributed by atoms with Crippen LogP contribution >= 0.6 is 33.9 Å². The van der Waals surface area contributed by atoms with Gasteiger partial charge in [-0.25, -0.2) is 0 Å². The zero-order chi connectivity index (χ0) is 9.97. The Hall–Kier alpha value is -0.620. The van der Waals surface area contributed by atoms with Crippen molar-refractivity contribution in [3.05, 3.63) is 54.6 Å². The molecule has 0 aliphatic rings. The molecule has 4 heteroatoms. The molecule has 14 heavy (non-hydrogen) atoms. The molecule has 0 fully saturated rings. The smallest absolute Gasteiger partial charge is 0.302 e. The highest BCUT2D eigenvalue weighted by atomic mass is 127. The van der Waals surface area contributed by atoms with Crippen molar-refractivity contribution in [2.24, 2.45) is 0 Å². The van der Waals surface area contributed by atoms with Crippen molar-refractivity contribution in [3.63, 3.8) is 0 Å². The van der Waals surface area contributed by atoms with Gasteiger partial charge in [-0.3, -0.25) is 4.79 Å². The van der Waals surface area contributed by atoms with Crippen LogP contribution < -0.4 is 4.87 Å². The highest BCUT2D eigenvalue weighted by molar-refractivity contribution is 14.1. The molecule has 1 heterocycles. The van der Waals surface area contributed by atoms with E-state index in [2.05, 4.69) is 22.6 Å². The average Bonchev–Trinajstić information content (AvgIpc) is 2.56. The molecule has 1 aromatic heterocycles. The van der Waals surface area contributed by atoms with Gasteiger partial charge in [0.1, 0.15) is 0 Å². The summed E-state index contributed by atoms with van der Waals surface area (Å²) in [6, 6.07) is 8.19. The first-order chi connectivity index (χ1) is 6.75. The minimum atomic E-state index is 0.101. The summed E-state index contributed by atoms with van der Waals surface area (Å²) in [6.45, 7) is 0.666. The van der Waals surface area contributed by atoms with Gasteiger partial charge in [0.25, 0.3) is 0 Å². The van der Waals surface area contributed by atoms with Gasteiger partial charge < -0.3 is 4.57 Å². The molecule has 0 bridgehead atoms. The Labute approximate surface area is 99.3 Å². The van der Waals surface area contributed by atoms with Crippen LogP contribution in [-0.4, -0.2) is 4.57 Å². The summed E-state index contributed by atoms with van der Waals surface area (Å²) in [5, 5.41) is 1.81. The maximum Gasteiger partial charge on any atom is 0.307 e. The van der Waals surface area contributed by atoms with E-state index in [1.54, 1.807) is 4.57 Å². The lowest BCUT2D eigenvalue weighted by Crippen LogP contribution is -2.12. The molecule has 0 aliphatic heterocycles. The standard InChI is InChI=1S/C10H8INOS/c11-9-3-1-8(2-4-9)7-12-5-6-14-10(12)13/h1-6H,7H2. The Balaban J connectivity index is 2.23. The fourth-order valence-electron chi connectivity index (χ4n) is 1.19. The maximum atomic E-state index is 11.3. The molecule has 1 aromatic carbocycles. The molecule has 0 amide bonds. The third kappa shape index (κ3) is 2.24. The van der Waals surface area contributed by atoms with Gasteiger partial charge in [-0.05, 0) is 40.3 Å². The zero-order valence-electron chi connectivity index (χ0n) is 7.31. The maximum absolute atomic E-state index is 11.3. The SMILES string of the molecule is O=c1sccn1Cc1ccc(I)cc1. The van der Waals surface area contributed by atoms with Crippen LogP contribution in [0.3, 0.4) is 0 Å². The lowest BCUT2D eigenvalue weighted by molar-refractivity contribution is 0.784. The van der Waals surface area contributed by atoms with Gasteiger partial charge in [-0.1, -0.05) is 23.5 Å². The van der Waals surface area contributed by atoms with Crippen molar-refractivity contribution in [1.29, 1.82) is 0 Å². The molecule has 0 saturated heterocycles. The molecule has 72 valence electrons. The number of hydrogen-bond donors (Lipinski definition) is 0. The van der Waals surface area contributed by atoms with E-state index in [9.17, 15) is 4.79 Å². The van der Waals surface area contributed by atoms with Gasteiger partial charge >= 0.3 is 4.87 Å². The predicted octanol–water partition coefficient (Wildman–Crippen LogP) is 2.56. The summed E-state index contributed by atoms with van der Waals surface area (Å²) < 4.78 is 2.93. The summed E-state index contributed by atoms with van der Waals surface area (Å²) in [7, 11) is 0. The summed E-state index contributed by atoms with van der Waals surface area (Å²) in [5.41, 5.74) is 1.16. The summed E-state index contributed by atoms with van der Waals surface area (Å²) in [6.07, 6.45) is 1.82. The lowest BCUT2D eigenvalue weighted by Gasteiger charge is -2.01. The normalized spacial score (nSPS) is 10.4. The van der Waals surface area contributed by atoms with Crippen molar-refractivity contribution < 1.29 is 0 Å². The number of aromatic nitrogens is 1. The highest BCUT2D eigenvalue weighted by Crippen LogP contribution is 2.07. The number of thiazole rings is 1. The van der Waals surface area contributed by atoms with Crippen LogP contribution in [0.15, 0.2) is 40.6 Å². The van der Waals surface area contributed by atoms with Gasteiger partial charge in [-0.15, -0.1) is 0 Å². The fourth-order valence-corrected chi connectivity index (χ4v) is 2.14. The number of rotatable bonds is 2. The van der Waals surface area contributed by atoms with E-state index in [1.165, 1.54) is 14.9 Å². The second kappa shape index (κ2) is 4.27. The first kappa shape index (κ1) is 9.92. The summed E-state index contributed by atoms with van der Waals surface area (Å²) >= 11 is 3.50. The quantitative estimate of drug-likeness (QED) is 0.780. The molecule has 2 aromatic rings. The van der Waals surface area contributed by atoms with Crippen molar-refractivity contribution >= 4 is 33.9 Å². The van der Waals surface area contributed by atoms with Gasteiger partial charge in [0.15, 0.2) is 0 Å². The molecule has 0 atom stereocenters. The van der Waals surface area contributed by atoms with Crippen molar-refractivity contribution in [2.75, 3.05) is 0 Å². The minimum Gasteiger partial charge on any atom is -0.302 e. The van der Waals surface area contributed by atoms with Crippen molar-refractivity contribution in [3.8, 4) is 0 Å². The highest BCUT2D eigenvalue weighted by Gasteiger charge is 1.97. The molecular weight excluding hydrogens is 309 g/mol. The monoisotopic (exact) mass is 317 g/mol. The molecule has 0 aliphatic carbocycles. The first-order valence-electron chi connectivity index (χ1n) is 4.14.